The Kier molecular flexibility index (Phi) is 10.8. The van der Waals surface area contributed by atoms with Crippen LogP contribution in [-0.2, 0) is 20.7 Å². The molecule has 54 heavy (non-hydrogen) atoms. The first-order valence-electron chi connectivity index (χ1n) is 17.9. The van der Waals surface area contributed by atoms with Gasteiger partial charge >= 0.3 is 12.1 Å². The van der Waals surface area contributed by atoms with Crippen molar-refractivity contribution in [3.63, 3.8) is 0 Å². The van der Waals surface area contributed by atoms with E-state index in [1.54, 1.807) is 56.0 Å². The number of ether oxygens (including phenoxy) is 2. The summed E-state index contributed by atoms with van der Waals surface area (Å²) in [5, 5.41) is 10.9. The number of nitrogens with zero attached hydrogens (tertiary/aromatic N) is 5. The standard InChI is InChI=1S/C40H44ClFN6O6/c1-39(2,3)53-37(51)25-13-15-26(16-14-25)43-35(49)34-29-10-7-9-27(24-17-20-46(21-18-24)38(52)54-40(4,5)6)28(29)19-22-47(34)36(50)31-23-48(45-44-31)32-12-8-11-30(41)33(32)42/h7-16,23-24,34H,17-22H2,1-6H3,(H,43,49). The average molecular weight is 759 g/mol. The van der Waals surface area contributed by atoms with Gasteiger partial charge in [-0.1, -0.05) is 41.1 Å². The van der Waals surface area contributed by atoms with E-state index in [0.29, 0.717) is 49.2 Å². The van der Waals surface area contributed by atoms with Gasteiger partial charge in [-0.3, -0.25) is 9.59 Å². The number of esters is 1. The van der Waals surface area contributed by atoms with Gasteiger partial charge in [-0.05, 0) is 120 Å². The number of rotatable bonds is 6. The number of carbonyl (C=O) groups is 4. The number of hydrogen-bond acceptors (Lipinski definition) is 8. The summed E-state index contributed by atoms with van der Waals surface area (Å²) in [6.07, 6.45) is 2.86. The van der Waals surface area contributed by atoms with Crippen LogP contribution in [-0.4, -0.2) is 79.5 Å². The van der Waals surface area contributed by atoms with E-state index < -0.39 is 40.8 Å². The molecule has 14 heteroatoms. The average Bonchev–Trinajstić information content (AvgIpc) is 3.61. The van der Waals surface area contributed by atoms with Gasteiger partial charge in [0, 0.05) is 25.3 Å². The van der Waals surface area contributed by atoms with Gasteiger partial charge in [0.1, 0.15) is 22.9 Å². The lowest BCUT2D eigenvalue weighted by atomic mass is 9.80. The van der Waals surface area contributed by atoms with Crippen molar-refractivity contribution in [2.24, 2.45) is 0 Å². The van der Waals surface area contributed by atoms with Crippen LogP contribution >= 0.6 is 11.6 Å². The van der Waals surface area contributed by atoms with Crippen molar-refractivity contribution in [1.82, 2.24) is 24.8 Å². The van der Waals surface area contributed by atoms with E-state index in [4.69, 9.17) is 21.1 Å². The molecule has 1 saturated heterocycles. The Labute approximate surface area is 318 Å². The van der Waals surface area contributed by atoms with Gasteiger partial charge in [0.15, 0.2) is 11.5 Å². The minimum atomic E-state index is -1.07. The van der Waals surface area contributed by atoms with E-state index in [2.05, 4.69) is 21.7 Å². The molecule has 3 aromatic carbocycles. The minimum absolute atomic E-state index is 0.0181. The molecule has 0 bridgehead atoms. The molecule has 3 amide bonds. The molecule has 4 aromatic rings. The number of piperidine rings is 1. The molecule has 1 unspecified atom stereocenters. The molecule has 3 heterocycles. The number of benzene rings is 3. The highest BCUT2D eigenvalue weighted by atomic mass is 35.5. The molecule has 1 atom stereocenters. The second kappa shape index (κ2) is 15.2. The lowest BCUT2D eigenvalue weighted by molar-refractivity contribution is -0.121. The molecule has 6 rings (SSSR count). The summed E-state index contributed by atoms with van der Waals surface area (Å²) < 4.78 is 27.0. The number of nitrogens with one attached hydrogen (secondary N) is 1. The van der Waals surface area contributed by atoms with Gasteiger partial charge in [0.2, 0.25) is 0 Å². The SMILES string of the molecule is CC(C)(C)OC(=O)c1ccc(NC(=O)C2c3cccc(C4CCN(C(=O)OC(C)(C)C)CC4)c3CCN2C(=O)c2cn(-c3cccc(Cl)c3F)nn2)cc1. The molecule has 1 fully saturated rings. The number of aromatic nitrogens is 3. The molecule has 284 valence electrons. The summed E-state index contributed by atoms with van der Waals surface area (Å²) in [7, 11) is 0. The normalized spacial score (nSPS) is 16.4. The predicted molar refractivity (Wildman–Crippen MR) is 200 cm³/mol. The zero-order chi connectivity index (χ0) is 38.9. The monoisotopic (exact) mass is 758 g/mol. The highest BCUT2D eigenvalue weighted by molar-refractivity contribution is 6.30. The van der Waals surface area contributed by atoms with Crippen molar-refractivity contribution in [3.8, 4) is 5.69 Å². The molecule has 1 N–H and O–H groups in total. The zero-order valence-corrected chi connectivity index (χ0v) is 31.9. The van der Waals surface area contributed by atoms with Gasteiger partial charge in [-0.25, -0.2) is 18.7 Å². The maximum Gasteiger partial charge on any atom is 0.410 e. The van der Waals surface area contributed by atoms with Crippen LogP contribution < -0.4 is 5.32 Å². The van der Waals surface area contributed by atoms with E-state index in [-0.39, 0.29) is 35.0 Å². The minimum Gasteiger partial charge on any atom is -0.456 e. The van der Waals surface area contributed by atoms with Crippen LogP contribution in [0, 0.1) is 5.82 Å². The Hall–Kier alpha value is -5.30. The largest absolute Gasteiger partial charge is 0.456 e. The van der Waals surface area contributed by atoms with Crippen LogP contribution in [0.15, 0.2) is 66.9 Å². The maximum atomic E-state index is 14.8. The quantitative estimate of drug-likeness (QED) is 0.200. The molecule has 12 nitrogen and oxygen atoms in total. The number of fused-ring (bicyclic) bond motifs is 1. The second-order valence-electron chi connectivity index (χ2n) is 15.5. The van der Waals surface area contributed by atoms with Crippen LogP contribution in [0.25, 0.3) is 5.69 Å². The summed E-state index contributed by atoms with van der Waals surface area (Å²) >= 11 is 5.98. The summed E-state index contributed by atoms with van der Waals surface area (Å²) in [5.41, 5.74) is 2.13. The molecule has 2 aliphatic rings. The van der Waals surface area contributed by atoms with Crippen molar-refractivity contribution < 1.29 is 33.0 Å². The van der Waals surface area contributed by atoms with E-state index in [1.165, 1.54) is 23.2 Å². The molecular weight excluding hydrogens is 715 g/mol. The molecule has 0 spiro atoms. The van der Waals surface area contributed by atoms with Gasteiger partial charge in [0.05, 0.1) is 16.8 Å². The van der Waals surface area contributed by atoms with Crippen LogP contribution in [0.5, 0.6) is 0 Å². The Balaban J connectivity index is 1.29. The molecular formula is C40H44ClFN6O6. The fourth-order valence-corrected chi connectivity index (χ4v) is 6.98. The van der Waals surface area contributed by atoms with Gasteiger partial charge < -0.3 is 24.6 Å². The van der Waals surface area contributed by atoms with Crippen molar-refractivity contribution >= 4 is 41.2 Å². The zero-order valence-electron chi connectivity index (χ0n) is 31.2. The van der Waals surface area contributed by atoms with E-state index >= 15 is 0 Å². The molecule has 0 saturated carbocycles. The van der Waals surface area contributed by atoms with Gasteiger partial charge in [-0.15, -0.1) is 5.10 Å². The Bertz CT molecular complexity index is 2060. The van der Waals surface area contributed by atoms with Crippen LogP contribution in [0.1, 0.15) is 104 Å². The summed E-state index contributed by atoms with van der Waals surface area (Å²) in [5.74, 6) is -2.12. The van der Waals surface area contributed by atoms with Gasteiger partial charge in [0.25, 0.3) is 11.8 Å². The lowest BCUT2D eigenvalue weighted by Gasteiger charge is -2.39. The first-order valence-corrected chi connectivity index (χ1v) is 18.3. The van der Waals surface area contributed by atoms with Crippen LogP contribution in [0.4, 0.5) is 14.9 Å². The van der Waals surface area contributed by atoms with Gasteiger partial charge in [-0.2, -0.15) is 0 Å². The lowest BCUT2D eigenvalue weighted by Crippen LogP contribution is -2.46. The number of amides is 3. The third-order valence-corrected chi connectivity index (χ3v) is 9.52. The number of likely N-dealkylation sites (tertiary alicyclic amines) is 1. The van der Waals surface area contributed by atoms with Crippen molar-refractivity contribution in [2.45, 2.75) is 84.0 Å². The first-order chi connectivity index (χ1) is 25.5. The van der Waals surface area contributed by atoms with E-state index in [0.717, 1.165) is 15.8 Å². The molecule has 0 radical (unpaired) electrons. The third kappa shape index (κ3) is 8.57. The topological polar surface area (TPSA) is 136 Å². The van der Waals surface area contributed by atoms with E-state index in [9.17, 15) is 23.6 Å². The Morgan fingerprint density at radius 2 is 1.50 bits per heavy atom. The summed E-state index contributed by atoms with van der Waals surface area (Å²) in [4.78, 5) is 57.1. The van der Waals surface area contributed by atoms with Crippen LogP contribution in [0.2, 0.25) is 5.02 Å². The molecule has 2 aliphatic heterocycles. The predicted octanol–water partition coefficient (Wildman–Crippen LogP) is 7.51. The highest BCUT2D eigenvalue weighted by Gasteiger charge is 2.39. The Morgan fingerprint density at radius 1 is 0.852 bits per heavy atom. The number of halogens is 2. The summed E-state index contributed by atoms with van der Waals surface area (Å²) in [6, 6.07) is 15.5. The first kappa shape index (κ1) is 38.4. The van der Waals surface area contributed by atoms with Crippen LogP contribution in [0.3, 0.4) is 0 Å². The smallest absolute Gasteiger partial charge is 0.410 e. The van der Waals surface area contributed by atoms with Crippen molar-refractivity contribution in [2.75, 3.05) is 25.0 Å². The molecule has 0 aliphatic carbocycles. The highest BCUT2D eigenvalue weighted by Crippen LogP contribution is 2.39. The number of anilines is 1. The summed E-state index contributed by atoms with van der Waals surface area (Å²) in [6.45, 7) is 12.1. The maximum absolute atomic E-state index is 14.8. The fourth-order valence-electron chi connectivity index (χ4n) is 6.81. The third-order valence-electron chi connectivity index (χ3n) is 9.23. The number of carbonyl (C=O) groups excluding carboxylic acids is 4. The van der Waals surface area contributed by atoms with Crippen molar-refractivity contribution in [3.05, 3.63) is 106 Å². The number of hydrogen-bond donors (Lipinski definition) is 1. The molecule has 1 aromatic heterocycles. The Morgan fingerprint density at radius 3 is 2.17 bits per heavy atom. The fraction of sp³-hybridized carbons (Fsp3) is 0.400. The van der Waals surface area contributed by atoms with E-state index in [1.807, 2.05) is 32.9 Å². The second-order valence-corrected chi connectivity index (χ2v) is 15.9. The van der Waals surface area contributed by atoms with Crippen molar-refractivity contribution in [1.29, 1.82) is 0 Å².